The normalized spacial score (nSPS) is 41.0. The number of rotatable bonds is 12. The van der Waals surface area contributed by atoms with Crippen molar-refractivity contribution in [2.45, 2.75) is 123 Å². The van der Waals surface area contributed by atoms with Gasteiger partial charge in [-0.25, -0.2) is 0 Å². The maximum Gasteiger partial charge on any atom is 0.220 e. The summed E-state index contributed by atoms with van der Waals surface area (Å²) in [5.41, 5.74) is 6.39. The van der Waals surface area contributed by atoms with Gasteiger partial charge in [0.05, 0.1) is 6.10 Å². The highest BCUT2D eigenvalue weighted by Gasteiger charge is 2.62. The average molecular weight is 602 g/mol. The van der Waals surface area contributed by atoms with Crippen molar-refractivity contribution in [3.8, 4) is 0 Å². The molecule has 0 bridgehead atoms. The lowest BCUT2D eigenvalue weighted by Gasteiger charge is -2.62. The fourth-order valence-corrected chi connectivity index (χ4v) is 11.3. The Morgan fingerprint density at radius 3 is 2.30 bits per heavy atom. The number of amides is 1. The van der Waals surface area contributed by atoms with Crippen LogP contribution in [0.2, 0.25) is 0 Å². The smallest absolute Gasteiger partial charge is 0.220 e. The molecule has 0 aromatic carbocycles. The van der Waals surface area contributed by atoms with Crippen molar-refractivity contribution >= 4 is 5.91 Å². The highest BCUT2D eigenvalue weighted by Crippen LogP contribution is 2.68. The molecule has 5 aliphatic rings. The third kappa shape index (κ3) is 7.32. The van der Waals surface area contributed by atoms with Crippen LogP contribution < -0.4 is 16.4 Å². The largest absolute Gasteiger partial charge is 0.393 e. The first-order chi connectivity index (χ1) is 20.5. The number of nitrogens with one attached hydrogen (secondary N) is 2. The van der Waals surface area contributed by atoms with Crippen LogP contribution in [0.25, 0.3) is 0 Å². The maximum absolute atomic E-state index is 12.4. The van der Waals surface area contributed by atoms with E-state index in [2.05, 4.69) is 41.2 Å². The van der Waals surface area contributed by atoms with E-state index in [1.54, 1.807) is 0 Å². The van der Waals surface area contributed by atoms with Gasteiger partial charge in [0, 0.05) is 57.8 Å². The summed E-state index contributed by atoms with van der Waals surface area (Å²) >= 11 is 0. The molecule has 0 aromatic rings. The van der Waals surface area contributed by atoms with Crippen molar-refractivity contribution in [1.82, 2.24) is 20.4 Å². The predicted molar refractivity (Wildman–Crippen MR) is 177 cm³/mol. The van der Waals surface area contributed by atoms with Crippen LogP contribution in [-0.4, -0.2) is 91.4 Å². The lowest BCUT2D eigenvalue weighted by Crippen LogP contribution is -2.59. The molecular weight excluding hydrogens is 534 g/mol. The summed E-state index contributed by atoms with van der Waals surface area (Å²) in [5.74, 6) is 3.86. The molecule has 1 heterocycles. The molecule has 0 radical (unpaired) electrons. The van der Waals surface area contributed by atoms with Crippen LogP contribution in [0.5, 0.6) is 0 Å². The van der Waals surface area contributed by atoms with E-state index < -0.39 is 0 Å². The Labute approximate surface area is 263 Å². The Morgan fingerprint density at radius 2 is 1.60 bits per heavy atom. The second-order valence-electron chi connectivity index (χ2n) is 16.5. The van der Waals surface area contributed by atoms with Crippen molar-refractivity contribution < 1.29 is 9.90 Å². The van der Waals surface area contributed by atoms with Gasteiger partial charge in [0.2, 0.25) is 5.91 Å². The second kappa shape index (κ2) is 14.4. The summed E-state index contributed by atoms with van der Waals surface area (Å²) in [6.07, 6.45) is 12.6. The zero-order valence-electron chi connectivity index (χ0n) is 28.5. The first-order valence-electron chi connectivity index (χ1n) is 18.4. The van der Waals surface area contributed by atoms with E-state index in [-0.39, 0.29) is 18.1 Å². The van der Waals surface area contributed by atoms with E-state index >= 15 is 0 Å². The zero-order valence-corrected chi connectivity index (χ0v) is 28.5. The predicted octanol–water partition coefficient (Wildman–Crippen LogP) is 4.48. The summed E-state index contributed by atoms with van der Waals surface area (Å²) in [6.45, 7) is 20.6. The molecule has 7 heteroatoms. The first kappa shape index (κ1) is 33.6. The Balaban J connectivity index is 1.12. The Hall–Kier alpha value is -0.730. The molecular formula is C36H67N5O2. The van der Waals surface area contributed by atoms with Gasteiger partial charge in [-0.1, -0.05) is 20.8 Å². The van der Waals surface area contributed by atoms with E-state index in [9.17, 15) is 9.90 Å². The summed E-state index contributed by atoms with van der Waals surface area (Å²) in [4.78, 5) is 17.6. The molecule has 1 saturated heterocycles. The summed E-state index contributed by atoms with van der Waals surface area (Å²) < 4.78 is 0. The van der Waals surface area contributed by atoms with Crippen LogP contribution in [0, 0.1) is 46.3 Å². The van der Waals surface area contributed by atoms with Crippen LogP contribution in [-0.2, 0) is 4.79 Å². The minimum absolute atomic E-state index is 0.145. The number of carbonyl (C=O) groups is 1. The van der Waals surface area contributed by atoms with Gasteiger partial charge in [0.1, 0.15) is 0 Å². The van der Waals surface area contributed by atoms with Crippen molar-refractivity contribution in [1.29, 1.82) is 0 Å². The molecule has 5 N–H and O–H groups in total. The molecule has 4 unspecified atom stereocenters. The standard InChI is InChI=1S/C36H67N5O2/c1-25(2)39-33(43)10-7-26(3)29-8-9-30-34-31(12-14-36(29,30)5)35(4)13-11-28(23-27(35)24-32(34)42)38-16-18-41-21-19-40(20-22-41)17-6-15-37/h25-32,34,38,42H,6-24,37H2,1-5H3,(H,39,43)/t26-,27?,28+,29-,30?,31?,32+,34?,35+,36-/m1/s1. The van der Waals surface area contributed by atoms with Crippen LogP contribution >= 0.6 is 0 Å². The second-order valence-corrected chi connectivity index (χ2v) is 16.5. The van der Waals surface area contributed by atoms with Crippen LogP contribution in [0.4, 0.5) is 0 Å². The van der Waals surface area contributed by atoms with E-state index in [4.69, 9.17) is 5.73 Å². The Bertz CT molecular complexity index is 908. The number of nitrogens with two attached hydrogens (primary N) is 1. The number of aliphatic hydroxyl groups is 1. The van der Waals surface area contributed by atoms with Gasteiger partial charge >= 0.3 is 0 Å². The highest BCUT2D eigenvalue weighted by molar-refractivity contribution is 5.76. The Morgan fingerprint density at radius 1 is 0.930 bits per heavy atom. The molecule has 5 rings (SSSR count). The van der Waals surface area contributed by atoms with E-state index in [0.717, 1.165) is 45.4 Å². The maximum atomic E-state index is 12.4. The first-order valence-corrected chi connectivity index (χ1v) is 18.4. The monoisotopic (exact) mass is 602 g/mol. The van der Waals surface area contributed by atoms with Gasteiger partial charge in [-0.15, -0.1) is 0 Å². The van der Waals surface area contributed by atoms with Crippen molar-refractivity contribution in [3.63, 3.8) is 0 Å². The zero-order chi connectivity index (χ0) is 30.8. The van der Waals surface area contributed by atoms with E-state index in [1.807, 2.05) is 13.8 Å². The SMILES string of the molecule is CC(C)NC(=O)CC[C@@H](C)[C@H]1CCC2C3C(CC[C@@]21C)[C@@]1(C)CC[C@H](NCCN2CCN(CCCN)CC2)CC1C[C@@H]3O. The fourth-order valence-electron chi connectivity index (χ4n) is 11.3. The highest BCUT2D eigenvalue weighted by atomic mass is 16.3. The van der Waals surface area contributed by atoms with Gasteiger partial charge < -0.3 is 26.4 Å². The summed E-state index contributed by atoms with van der Waals surface area (Å²) in [7, 11) is 0. The summed E-state index contributed by atoms with van der Waals surface area (Å²) in [5, 5.41) is 18.9. The van der Waals surface area contributed by atoms with Gasteiger partial charge in [0.15, 0.2) is 0 Å². The number of aliphatic hydroxyl groups excluding tert-OH is 1. The molecule has 10 atom stereocenters. The van der Waals surface area contributed by atoms with Crippen LogP contribution in [0.15, 0.2) is 0 Å². The fraction of sp³-hybridized carbons (Fsp3) is 0.972. The number of fused-ring (bicyclic) bond motifs is 5. The molecule has 7 nitrogen and oxygen atoms in total. The molecule has 248 valence electrons. The topological polar surface area (TPSA) is 93.9 Å². The van der Waals surface area contributed by atoms with Crippen molar-refractivity contribution in [3.05, 3.63) is 0 Å². The quantitative estimate of drug-likeness (QED) is 0.264. The molecule has 4 aliphatic carbocycles. The molecule has 1 aliphatic heterocycles. The van der Waals surface area contributed by atoms with Gasteiger partial charge in [-0.05, 0) is 137 Å². The molecule has 0 spiro atoms. The summed E-state index contributed by atoms with van der Waals surface area (Å²) in [6, 6.07) is 0.819. The van der Waals surface area contributed by atoms with Gasteiger partial charge in [-0.2, -0.15) is 0 Å². The van der Waals surface area contributed by atoms with Crippen molar-refractivity contribution in [2.24, 2.45) is 52.1 Å². The van der Waals surface area contributed by atoms with E-state index in [1.165, 1.54) is 71.1 Å². The number of hydrogen-bond acceptors (Lipinski definition) is 6. The van der Waals surface area contributed by atoms with E-state index in [0.29, 0.717) is 58.8 Å². The molecule has 5 fully saturated rings. The van der Waals surface area contributed by atoms with Gasteiger partial charge in [0.25, 0.3) is 0 Å². The number of carbonyl (C=O) groups excluding carboxylic acids is 1. The van der Waals surface area contributed by atoms with Crippen LogP contribution in [0.3, 0.4) is 0 Å². The minimum Gasteiger partial charge on any atom is -0.393 e. The lowest BCUT2D eigenvalue weighted by atomic mass is 9.43. The lowest BCUT2D eigenvalue weighted by molar-refractivity contribution is -0.167. The average Bonchev–Trinajstić information content (AvgIpc) is 3.33. The number of nitrogens with zero attached hydrogens (tertiary/aromatic N) is 2. The van der Waals surface area contributed by atoms with Crippen molar-refractivity contribution in [2.75, 3.05) is 52.4 Å². The molecule has 43 heavy (non-hydrogen) atoms. The number of hydrogen-bond donors (Lipinski definition) is 4. The molecule has 1 amide bonds. The Kier molecular flexibility index (Phi) is 11.2. The third-order valence-electron chi connectivity index (χ3n) is 13.7. The number of piperazine rings is 1. The minimum atomic E-state index is -0.145. The molecule has 4 saturated carbocycles. The molecule has 0 aromatic heterocycles. The third-order valence-corrected chi connectivity index (χ3v) is 13.7. The van der Waals surface area contributed by atoms with Gasteiger partial charge in [-0.3, -0.25) is 9.69 Å². The van der Waals surface area contributed by atoms with Crippen LogP contribution in [0.1, 0.15) is 105 Å².